The zero-order chi connectivity index (χ0) is 13.4. The first-order valence-electron chi connectivity index (χ1n) is 5.34. The molecule has 0 saturated carbocycles. The molecule has 5 heteroatoms. The fourth-order valence-corrected chi connectivity index (χ4v) is 3.72. The molecule has 3 nitrogen and oxygen atoms in total. The second-order valence-electron chi connectivity index (χ2n) is 5.22. The third kappa shape index (κ3) is 3.79. The van der Waals surface area contributed by atoms with Crippen LogP contribution in [-0.4, -0.2) is 14.0 Å². The van der Waals surface area contributed by atoms with Crippen LogP contribution in [-0.2, 0) is 10.0 Å². The van der Waals surface area contributed by atoms with Crippen molar-refractivity contribution in [3.05, 3.63) is 27.7 Å². The Balaban J connectivity index is 3.30. The Hall–Kier alpha value is -0.390. The third-order valence-electron chi connectivity index (χ3n) is 2.19. The van der Waals surface area contributed by atoms with E-state index in [1.807, 2.05) is 33.8 Å². The first-order chi connectivity index (χ1) is 7.53. The number of hydrogen-bond donors (Lipinski definition) is 1. The van der Waals surface area contributed by atoms with Crippen LogP contribution in [0.2, 0.25) is 0 Å². The lowest BCUT2D eigenvalue weighted by molar-refractivity contribution is 0.491. The van der Waals surface area contributed by atoms with Crippen molar-refractivity contribution in [2.45, 2.75) is 45.1 Å². The van der Waals surface area contributed by atoms with Gasteiger partial charge in [-0.05, 0) is 51.8 Å². The number of hydrogen-bond acceptors (Lipinski definition) is 2. The van der Waals surface area contributed by atoms with Crippen LogP contribution in [0.5, 0.6) is 0 Å². The minimum Gasteiger partial charge on any atom is -0.207 e. The lowest BCUT2D eigenvalue weighted by Gasteiger charge is -2.21. The molecule has 1 aromatic rings. The van der Waals surface area contributed by atoms with Crippen molar-refractivity contribution in [3.8, 4) is 0 Å². The first kappa shape index (κ1) is 14.7. The Labute approximate surface area is 112 Å². The van der Waals surface area contributed by atoms with Crippen molar-refractivity contribution in [1.29, 1.82) is 0 Å². The van der Waals surface area contributed by atoms with Gasteiger partial charge in [-0.1, -0.05) is 22.0 Å². The highest BCUT2D eigenvalue weighted by atomic mass is 79.9. The van der Waals surface area contributed by atoms with E-state index in [4.69, 9.17) is 0 Å². The predicted molar refractivity (Wildman–Crippen MR) is 73.7 cm³/mol. The second kappa shape index (κ2) is 4.71. The zero-order valence-electron chi connectivity index (χ0n) is 10.8. The zero-order valence-corrected chi connectivity index (χ0v) is 13.2. The highest BCUT2D eigenvalue weighted by Crippen LogP contribution is 2.25. The van der Waals surface area contributed by atoms with Gasteiger partial charge in [0.25, 0.3) is 0 Å². The van der Waals surface area contributed by atoms with E-state index in [9.17, 15) is 8.42 Å². The lowest BCUT2D eigenvalue weighted by Crippen LogP contribution is -2.40. The molecule has 1 rings (SSSR count). The molecule has 0 aliphatic heterocycles. The van der Waals surface area contributed by atoms with Gasteiger partial charge < -0.3 is 0 Å². The van der Waals surface area contributed by atoms with Crippen LogP contribution in [0.3, 0.4) is 0 Å². The smallest absolute Gasteiger partial charge is 0.207 e. The van der Waals surface area contributed by atoms with E-state index in [0.717, 1.165) is 15.6 Å². The Kier molecular flexibility index (Phi) is 4.06. The molecule has 0 radical (unpaired) electrons. The average Bonchev–Trinajstić information content (AvgIpc) is 2.06. The van der Waals surface area contributed by atoms with E-state index in [2.05, 4.69) is 20.7 Å². The van der Waals surface area contributed by atoms with Crippen LogP contribution >= 0.6 is 15.9 Å². The minimum absolute atomic E-state index is 0.324. The van der Waals surface area contributed by atoms with E-state index in [1.165, 1.54) is 0 Å². The van der Waals surface area contributed by atoms with Crippen LogP contribution in [0.1, 0.15) is 31.9 Å². The van der Waals surface area contributed by atoms with E-state index in [-0.39, 0.29) is 0 Å². The van der Waals surface area contributed by atoms with Crippen LogP contribution in [0.4, 0.5) is 0 Å². The molecule has 0 aliphatic carbocycles. The monoisotopic (exact) mass is 319 g/mol. The maximum atomic E-state index is 12.2. The summed E-state index contributed by atoms with van der Waals surface area (Å²) in [6, 6.07) is 3.51. The molecule has 0 aromatic heterocycles. The number of aryl methyl sites for hydroxylation is 2. The van der Waals surface area contributed by atoms with Gasteiger partial charge in [0.15, 0.2) is 0 Å². The van der Waals surface area contributed by atoms with Gasteiger partial charge in [-0.2, -0.15) is 0 Å². The van der Waals surface area contributed by atoms with Crippen LogP contribution in [0.25, 0.3) is 0 Å². The van der Waals surface area contributed by atoms with Crippen molar-refractivity contribution in [2.75, 3.05) is 0 Å². The largest absolute Gasteiger partial charge is 0.241 e. The van der Waals surface area contributed by atoms with Gasteiger partial charge in [-0.15, -0.1) is 0 Å². The summed E-state index contributed by atoms with van der Waals surface area (Å²) in [6.45, 7) is 9.21. The van der Waals surface area contributed by atoms with E-state index < -0.39 is 15.6 Å². The van der Waals surface area contributed by atoms with Crippen LogP contribution < -0.4 is 4.72 Å². The predicted octanol–water partition coefficient (Wildman–Crippen LogP) is 3.14. The maximum Gasteiger partial charge on any atom is 0.241 e. The van der Waals surface area contributed by atoms with Gasteiger partial charge >= 0.3 is 0 Å². The maximum absolute atomic E-state index is 12.2. The molecule has 96 valence electrons. The molecule has 17 heavy (non-hydrogen) atoms. The first-order valence-corrected chi connectivity index (χ1v) is 7.61. The summed E-state index contributed by atoms with van der Waals surface area (Å²) in [6.07, 6.45) is 0. The molecule has 0 bridgehead atoms. The summed E-state index contributed by atoms with van der Waals surface area (Å²) in [7, 11) is -3.47. The topological polar surface area (TPSA) is 46.2 Å². The number of nitrogens with one attached hydrogen (secondary N) is 1. The number of rotatable bonds is 2. The van der Waals surface area contributed by atoms with Gasteiger partial charge in [0.05, 0.1) is 4.90 Å². The average molecular weight is 320 g/mol. The number of halogens is 1. The summed E-state index contributed by atoms with van der Waals surface area (Å²) in [5.41, 5.74) is 1.29. The Bertz CT molecular complexity index is 530. The second-order valence-corrected chi connectivity index (χ2v) is 7.73. The van der Waals surface area contributed by atoms with Crippen molar-refractivity contribution in [3.63, 3.8) is 0 Å². The van der Waals surface area contributed by atoms with Gasteiger partial charge in [0.1, 0.15) is 0 Å². The fourth-order valence-electron chi connectivity index (χ4n) is 1.56. The molecule has 0 unspecified atom stereocenters. The van der Waals surface area contributed by atoms with Crippen molar-refractivity contribution >= 4 is 26.0 Å². The highest BCUT2D eigenvalue weighted by Gasteiger charge is 2.24. The lowest BCUT2D eigenvalue weighted by atomic mass is 10.1. The van der Waals surface area contributed by atoms with Gasteiger partial charge in [-0.3, -0.25) is 0 Å². The standard InChI is InChI=1S/C12H18BrNO2S/c1-8-6-9(2)11(7-10(8)13)17(15,16)14-12(3,4)5/h6-7,14H,1-5H3. The normalized spacial score (nSPS) is 12.8. The molecule has 1 aromatic carbocycles. The van der Waals surface area contributed by atoms with E-state index in [1.54, 1.807) is 13.0 Å². The highest BCUT2D eigenvalue weighted by molar-refractivity contribution is 9.10. The SMILES string of the molecule is Cc1cc(C)c(S(=O)(=O)NC(C)(C)C)cc1Br. The molecule has 0 heterocycles. The molecule has 0 amide bonds. The Morgan fingerprint density at radius 2 is 1.65 bits per heavy atom. The summed E-state index contributed by atoms with van der Waals surface area (Å²) < 4.78 is 27.9. The van der Waals surface area contributed by atoms with Crippen molar-refractivity contribution in [2.24, 2.45) is 0 Å². The molecule has 0 fully saturated rings. The quantitative estimate of drug-likeness (QED) is 0.910. The molecular weight excluding hydrogens is 302 g/mol. The van der Waals surface area contributed by atoms with E-state index in [0.29, 0.717) is 4.90 Å². The van der Waals surface area contributed by atoms with Gasteiger partial charge in [0.2, 0.25) is 10.0 Å². The minimum atomic E-state index is -3.47. The van der Waals surface area contributed by atoms with Crippen molar-refractivity contribution < 1.29 is 8.42 Å². The Morgan fingerprint density at radius 1 is 1.12 bits per heavy atom. The van der Waals surface area contributed by atoms with E-state index >= 15 is 0 Å². The summed E-state index contributed by atoms with van der Waals surface area (Å²) >= 11 is 3.36. The van der Waals surface area contributed by atoms with Crippen LogP contribution in [0.15, 0.2) is 21.5 Å². The molecule has 0 atom stereocenters. The fraction of sp³-hybridized carbons (Fsp3) is 0.500. The summed E-state index contributed by atoms with van der Waals surface area (Å²) in [5.74, 6) is 0. The molecular formula is C12H18BrNO2S. The Morgan fingerprint density at radius 3 is 2.12 bits per heavy atom. The molecule has 0 aliphatic rings. The summed E-state index contributed by atoms with van der Waals surface area (Å²) in [5, 5.41) is 0. The third-order valence-corrected chi connectivity index (χ3v) is 4.94. The molecule has 1 N–H and O–H groups in total. The van der Waals surface area contributed by atoms with Gasteiger partial charge in [0, 0.05) is 10.0 Å². The van der Waals surface area contributed by atoms with Gasteiger partial charge in [-0.25, -0.2) is 13.1 Å². The molecule has 0 spiro atoms. The van der Waals surface area contributed by atoms with Crippen molar-refractivity contribution in [1.82, 2.24) is 4.72 Å². The molecule has 0 saturated heterocycles. The van der Waals surface area contributed by atoms with Crippen LogP contribution in [0, 0.1) is 13.8 Å². The summed E-state index contributed by atoms with van der Waals surface area (Å²) in [4.78, 5) is 0.324. The number of sulfonamides is 1. The number of benzene rings is 1.